The molecular formula is C26H28Cl2N4O. The van der Waals surface area contributed by atoms with Crippen LogP contribution in [0, 0.1) is 17.2 Å². The average molecular weight is 483 g/mol. The van der Waals surface area contributed by atoms with Gasteiger partial charge in [0.05, 0.1) is 11.6 Å². The topological polar surface area (TPSA) is 59.4 Å². The molecule has 0 aromatic heterocycles. The van der Waals surface area contributed by atoms with Crippen LogP contribution in [-0.4, -0.2) is 48.1 Å². The number of carbonyl (C=O) groups is 1. The Hall–Kier alpha value is -2.26. The maximum absolute atomic E-state index is 13.5. The lowest BCUT2D eigenvalue weighted by atomic mass is 9.92. The van der Waals surface area contributed by atoms with E-state index in [1.807, 2.05) is 23.1 Å². The molecule has 0 spiro atoms. The van der Waals surface area contributed by atoms with Gasteiger partial charge in [0.1, 0.15) is 0 Å². The Kier molecular flexibility index (Phi) is 6.26. The van der Waals surface area contributed by atoms with Crippen LogP contribution < -0.4 is 5.32 Å². The molecule has 7 heteroatoms. The number of halogens is 2. The SMILES string of the molecule is N#Cc1cccc(C23CCC(N(CCN4CCCC4)C(=O)Nc4cc(Cl)cc(Cl)c4)C2C3)c1. The predicted octanol–water partition coefficient (Wildman–Crippen LogP) is 5.92. The molecule has 2 aliphatic carbocycles. The van der Waals surface area contributed by atoms with E-state index in [0.717, 1.165) is 38.9 Å². The zero-order valence-electron chi connectivity index (χ0n) is 18.6. The first-order chi connectivity index (χ1) is 16.0. The number of carbonyl (C=O) groups excluding carboxylic acids is 1. The highest BCUT2D eigenvalue weighted by Crippen LogP contribution is 2.65. The molecule has 1 saturated heterocycles. The Morgan fingerprint density at radius 2 is 1.94 bits per heavy atom. The fourth-order valence-electron chi connectivity index (χ4n) is 5.97. The first-order valence-corrected chi connectivity index (χ1v) is 12.5. The summed E-state index contributed by atoms with van der Waals surface area (Å²) in [4.78, 5) is 18.0. The number of rotatable bonds is 6. The van der Waals surface area contributed by atoms with Crippen molar-refractivity contribution in [3.8, 4) is 6.07 Å². The van der Waals surface area contributed by atoms with Crippen molar-refractivity contribution in [2.75, 3.05) is 31.5 Å². The summed E-state index contributed by atoms with van der Waals surface area (Å²) in [6, 6.07) is 15.5. The lowest BCUT2D eigenvalue weighted by Gasteiger charge is -2.32. The van der Waals surface area contributed by atoms with Crippen LogP contribution in [0.15, 0.2) is 42.5 Å². The molecule has 3 unspecified atom stereocenters. The summed E-state index contributed by atoms with van der Waals surface area (Å²) in [6.07, 6.45) is 5.57. The summed E-state index contributed by atoms with van der Waals surface area (Å²) in [5.41, 5.74) is 2.67. The fourth-order valence-corrected chi connectivity index (χ4v) is 6.50. The van der Waals surface area contributed by atoms with E-state index in [9.17, 15) is 10.1 Å². The van der Waals surface area contributed by atoms with Crippen molar-refractivity contribution in [3.05, 3.63) is 63.6 Å². The van der Waals surface area contributed by atoms with Gasteiger partial charge in [0.25, 0.3) is 0 Å². The molecule has 3 fully saturated rings. The van der Waals surface area contributed by atoms with Crippen molar-refractivity contribution in [1.82, 2.24) is 9.80 Å². The quantitative estimate of drug-likeness (QED) is 0.555. The van der Waals surface area contributed by atoms with Crippen LogP contribution in [-0.2, 0) is 5.41 Å². The molecule has 5 rings (SSSR count). The van der Waals surface area contributed by atoms with Gasteiger partial charge in [-0.15, -0.1) is 0 Å². The Balaban J connectivity index is 1.35. The molecule has 1 heterocycles. The lowest BCUT2D eigenvalue weighted by molar-refractivity contribution is 0.168. The highest BCUT2D eigenvalue weighted by atomic mass is 35.5. The number of likely N-dealkylation sites (tertiary alicyclic amines) is 1. The van der Waals surface area contributed by atoms with Gasteiger partial charge in [-0.05, 0) is 87.0 Å². The molecule has 0 bridgehead atoms. The zero-order valence-corrected chi connectivity index (χ0v) is 20.1. The minimum absolute atomic E-state index is 0.0917. The molecule has 2 amide bonds. The number of nitrogens with one attached hydrogen (secondary N) is 1. The Morgan fingerprint density at radius 3 is 2.64 bits per heavy atom. The molecule has 1 aliphatic heterocycles. The molecule has 2 aromatic carbocycles. The van der Waals surface area contributed by atoms with Crippen LogP contribution in [0.2, 0.25) is 10.0 Å². The van der Waals surface area contributed by atoms with E-state index in [4.69, 9.17) is 23.2 Å². The van der Waals surface area contributed by atoms with Crippen LogP contribution in [0.25, 0.3) is 0 Å². The lowest BCUT2D eigenvalue weighted by Crippen LogP contribution is -2.46. The summed E-state index contributed by atoms with van der Waals surface area (Å²) in [7, 11) is 0. The molecule has 2 aromatic rings. The van der Waals surface area contributed by atoms with Crippen molar-refractivity contribution in [2.45, 2.75) is 43.6 Å². The predicted molar refractivity (Wildman–Crippen MR) is 132 cm³/mol. The number of nitrogens with zero attached hydrogens (tertiary/aromatic N) is 3. The molecule has 0 radical (unpaired) electrons. The fraction of sp³-hybridized carbons (Fsp3) is 0.462. The third kappa shape index (κ3) is 4.57. The van der Waals surface area contributed by atoms with Crippen LogP contribution in [0.5, 0.6) is 0 Å². The molecule has 33 heavy (non-hydrogen) atoms. The largest absolute Gasteiger partial charge is 0.322 e. The third-order valence-electron chi connectivity index (χ3n) is 7.68. The summed E-state index contributed by atoms with van der Waals surface area (Å²) in [6.45, 7) is 3.82. The van der Waals surface area contributed by atoms with Gasteiger partial charge in [-0.25, -0.2) is 4.79 Å². The summed E-state index contributed by atoms with van der Waals surface area (Å²) < 4.78 is 0. The van der Waals surface area contributed by atoms with E-state index < -0.39 is 0 Å². The second-order valence-electron chi connectivity index (χ2n) is 9.60. The number of benzene rings is 2. The Labute approximate surface area is 205 Å². The van der Waals surface area contributed by atoms with Crippen LogP contribution in [0.4, 0.5) is 10.5 Å². The second-order valence-corrected chi connectivity index (χ2v) is 10.5. The standard InChI is InChI=1S/C26H28Cl2N4O/c27-20-13-21(28)15-22(14-20)30-25(33)32(11-10-31-8-1-2-9-31)24-6-7-26(16-23(24)26)19-5-3-4-18(12-19)17-29/h3-5,12-15,23-24H,1-2,6-11,16H2,(H,30,33). The maximum atomic E-state index is 13.5. The Morgan fingerprint density at radius 1 is 1.18 bits per heavy atom. The van der Waals surface area contributed by atoms with Crippen molar-refractivity contribution in [1.29, 1.82) is 5.26 Å². The molecular weight excluding hydrogens is 455 g/mol. The van der Waals surface area contributed by atoms with Gasteiger partial charge in [-0.3, -0.25) is 0 Å². The smallest absolute Gasteiger partial charge is 0.320 e. The van der Waals surface area contributed by atoms with E-state index in [2.05, 4.69) is 22.4 Å². The molecule has 3 atom stereocenters. The highest BCUT2D eigenvalue weighted by Gasteiger charge is 2.64. The van der Waals surface area contributed by atoms with E-state index in [1.54, 1.807) is 18.2 Å². The normalized spacial score (nSPS) is 26.0. The number of anilines is 1. The number of hydrogen-bond acceptors (Lipinski definition) is 3. The van der Waals surface area contributed by atoms with E-state index in [0.29, 0.717) is 33.8 Å². The van der Waals surface area contributed by atoms with Crippen LogP contribution in [0.3, 0.4) is 0 Å². The van der Waals surface area contributed by atoms with Crippen molar-refractivity contribution >= 4 is 34.9 Å². The number of fused-ring (bicyclic) bond motifs is 1. The van der Waals surface area contributed by atoms with E-state index >= 15 is 0 Å². The van der Waals surface area contributed by atoms with Crippen molar-refractivity contribution < 1.29 is 4.79 Å². The van der Waals surface area contributed by atoms with Gasteiger partial charge in [-0.1, -0.05) is 35.3 Å². The molecule has 2 saturated carbocycles. The van der Waals surface area contributed by atoms with Crippen LogP contribution in [0.1, 0.15) is 43.2 Å². The summed E-state index contributed by atoms with van der Waals surface area (Å²) in [5.74, 6) is 0.429. The van der Waals surface area contributed by atoms with E-state index in [-0.39, 0.29) is 17.5 Å². The molecule has 3 aliphatic rings. The van der Waals surface area contributed by atoms with Gasteiger partial charge >= 0.3 is 6.03 Å². The van der Waals surface area contributed by atoms with Gasteiger partial charge in [0, 0.05) is 40.3 Å². The second kappa shape index (κ2) is 9.18. The minimum Gasteiger partial charge on any atom is -0.320 e. The first-order valence-electron chi connectivity index (χ1n) is 11.8. The average Bonchev–Trinajstić information content (AvgIpc) is 3.12. The molecule has 172 valence electrons. The number of nitriles is 1. The number of amides is 2. The summed E-state index contributed by atoms with van der Waals surface area (Å²) in [5, 5.41) is 13.4. The van der Waals surface area contributed by atoms with Gasteiger partial charge < -0.3 is 15.1 Å². The molecule has 1 N–H and O–H groups in total. The number of urea groups is 1. The van der Waals surface area contributed by atoms with Gasteiger partial charge in [0.15, 0.2) is 0 Å². The van der Waals surface area contributed by atoms with Gasteiger partial charge in [0.2, 0.25) is 0 Å². The Bertz CT molecular complexity index is 1070. The first kappa shape index (κ1) is 22.5. The monoisotopic (exact) mass is 482 g/mol. The number of hydrogen-bond donors (Lipinski definition) is 1. The maximum Gasteiger partial charge on any atom is 0.322 e. The third-order valence-corrected chi connectivity index (χ3v) is 8.12. The minimum atomic E-state index is -0.0917. The van der Waals surface area contributed by atoms with Gasteiger partial charge in [-0.2, -0.15) is 5.26 Å². The zero-order chi connectivity index (χ0) is 23.0. The molecule has 5 nitrogen and oxygen atoms in total. The van der Waals surface area contributed by atoms with Crippen molar-refractivity contribution in [3.63, 3.8) is 0 Å². The van der Waals surface area contributed by atoms with E-state index in [1.165, 1.54) is 18.4 Å². The van der Waals surface area contributed by atoms with Crippen LogP contribution >= 0.6 is 23.2 Å². The highest BCUT2D eigenvalue weighted by molar-refractivity contribution is 6.35. The van der Waals surface area contributed by atoms with Crippen molar-refractivity contribution in [2.24, 2.45) is 5.92 Å². The summed E-state index contributed by atoms with van der Waals surface area (Å²) >= 11 is 12.3.